The van der Waals surface area contributed by atoms with E-state index in [-0.39, 0.29) is 48.7 Å². The molecule has 3 aliphatic carbocycles. The Hall–Kier alpha value is -5.93. The van der Waals surface area contributed by atoms with Crippen molar-refractivity contribution in [3.8, 4) is 0 Å². The minimum Gasteiger partial charge on any atom is -0.303 e. The van der Waals surface area contributed by atoms with Gasteiger partial charge in [-0.25, -0.2) is 0 Å². The van der Waals surface area contributed by atoms with Crippen molar-refractivity contribution < 1.29 is 13.6 Å². The molecule has 3 nitrogen and oxygen atoms in total. The molecule has 644 valence electrons. The minimum absolute atomic E-state index is 0.203. The molecule has 0 saturated heterocycles. The highest BCUT2D eigenvalue weighted by molar-refractivity contribution is 7.41. The van der Waals surface area contributed by atoms with Crippen LogP contribution in [0.5, 0.6) is 0 Å². The smallest absolute Gasteiger partial charge is 0.303 e. The lowest BCUT2D eigenvalue weighted by atomic mass is 9.48. The van der Waals surface area contributed by atoms with Gasteiger partial charge in [0.05, 0.1) is 34.6 Å². The van der Waals surface area contributed by atoms with Gasteiger partial charge in [0.15, 0.2) is 0 Å². The normalized spacial score (nSPS) is 21.5. The van der Waals surface area contributed by atoms with Crippen LogP contribution in [0.3, 0.4) is 0 Å². The number of benzene rings is 6. The molecule has 6 aromatic rings. The van der Waals surface area contributed by atoms with Crippen LogP contribution in [0, 0.1) is 32.5 Å². The lowest BCUT2D eigenvalue weighted by Crippen LogP contribution is -2.57. The number of hydrogen-bond acceptors (Lipinski definition) is 3. The summed E-state index contributed by atoms with van der Waals surface area (Å²) in [5, 5.41) is 0. The van der Waals surface area contributed by atoms with Crippen LogP contribution in [-0.4, -0.2) is 18.3 Å². The minimum atomic E-state index is -2.58. The topological polar surface area (TPSA) is 27.7 Å². The molecule has 0 fully saturated rings. The summed E-state index contributed by atoms with van der Waals surface area (Å²) in [7, 11) is -2.58. The van der Waals surface area contributed by atoms with Gasteiger partial charge in [0.1, 0.15) is 0 Å². The van der Waals surface area contributed by atoms with Gasteiger partial charge in [0.2, 0.25) is 0 Å². The summed E-state index contributed by atoms with van der Waals surface area (Å²) in [4.78, 5) is 0. The zero-order valence-corrected chi connectivity index (χ0v) is 82.6. The van der Waals surface area contributed by atoms with Crippen LogP contribution in [0.25, 0.3) is 16.7 Å². The van der Waals surface area contributed by atoms with E-state index in [1.807, 2.05) is 0 Å². The molecule has 0 heterocycles. The largest absolute Gasteiger partial charge is 0.334 e. The van der Waals surface area contributed by atoms with Gasteiger partial charge in [-0.15, -0.1) is 0 Å². The van der Waals surface area contributed by atoms with Gasteiger partial charge in [-0.3, -0.25) is 0 Å². The molecule has 6 aromatic carbocycles. The maximum absolute atomic E-state index is 9.35. The fourth-order valence-electron chi connectivity index (χ4n) is 20.6. The van der Waals surface area contributed by atoms with Gasteiger partial charge >= 0.3 is 8.60 Å². The van der Waals surface area contributed by atoms with Crippen molar-refractivity contribution in [3.05, 3.63) is 266 Å². The Morgan fingerprint density at radius 2 is 0.407 bits per heavy atom. The van der Waals surface area contributed by atoms with Crippen LogP contribution in [0.4, 0.5) is 0 Å². The molecule has 0 amide bonds. The number of rotatable bonds is 36. The van der Waals surface area contributed by atoms with Crippen LogP contribution >= 0.6 is 8.60 Å². The van der Waals surface area contributed by atoms with Crippen LogP contribution in [0.2, 0.25) is 0 Å². The first-order chi connectivity index (χ1) is 55.0. The zero-order valence-electron chi connectivity index (χ0n) is 81.7. The number of allylic oxidation sites excluding steroid dienone is 6. The zero-order chi connectivity index (χ0) is 88.0. The molecule has 118 heavy (non-hydrogen) atoms. The monoisotopic (exact) mass is 1610 g/mol. The highest BCUT2D eigenvalue weighted by atomic mass is 31.2. The lowest BCUT2D eigenvalue weighted by Gasteiger charge is -2.59. The second-order valence-electron chi connectivity index (χ2n) is 43.8. The average Bonchev–Trinajstić information content (AvgIpc) is 0.694. The molecule has 6 unspecified atom stereocenters. The van der Waals surface area contributed by atoms with Crippen molar-refractivity contribution in [2.24, 2.45) is 32.5 Å². The Bertz CT molecular complexity index is 4230. The summed E-state index contributed by atoms with van der Waals surface area (Å²) < 4.78 is 28.0. The predicted octanol–water partition coefficient (Wildman–Crippen LogP) is 34.0. The van der Waals surface area contributed by atoms with Crippen LogP contribution < -0.4 is 0 Å². The van der Waals surface area contributed by atoms with Crippen molar-refractivity contribution in [2.75, 3.05) is 0 Å². The first-order valence-electron chi connectivity index (χ1n) is 46.7. The van der Waals surface area contributed by atoms with Gasteiger partial charge in [-0.05, 0) is 242 Å². The molecule has 0 bridgehead atoms. The molecule has 6 atom stereocenters. The summed E-state index contributed by atoms with van der Waals surface area (Å²) >= 11 is 0. The molecular formula is C114H165O3P. The fraction of sp³-hybridized carbons (Fsp3) is 0.579. The molecule has 3 aliphatic rings. The lowest BCUT2D eigenvalue weighted by molar-refractivity contribution is 0.000863. The fourth-order valence-corrected chi connectivity index (χ4v) is 22.0. The maximum Gasteiger partial charge on any atom is 0.334 e. The number of hydrogen-bond donors (Lipinski definition) is 0. The van der Waals surface area contributed by atoms with E-state index in [9.17, 15) is 13.6 Å². The second-order valence-corrected chi connectivity index (χ2v) is 44.9. The van der Waals surface area contributed by atoms with Crippen molar-refractivity contribution >= 4 is 25.3 Å². The first-order valence-corrected chi connectivity index (χ1v) is 47.8. The molecule has 0 saturated carbocycles. The van der Waals surface area contributed by atoms with Crippen LogP contribution in [0.1, 0.15) is 393 Å². The molecule has 0 aliphatic heterocycles. The summed E-state index contributed by atoms with van der Waals surface area (Å²) in [5.41, 5.74) is 17.5. The highest BCUT2D eigenvalue weighted by Gasteiger charge is 2.65. The van der Waals surface area contributed by atoms with Crippen molar-refractivity contribution in [1.29, 1.82) is 0 Å². The Kier molecular flexibility index (Phi) is 28.7. The first kappa shape index (κ1) is 95.9. The summed E-state index contributed by atoms with van der Waals surface area (Å²) in [6.07, 6.45) is 24.2. The van der Waals surface area contributed by atoms with Crippen LogP contribution in [0.15, 0.2) is 199 Å². The molecule has 4 heteroatoms. The van der Waals surface area contributed by atoms with Crippen molar-refractivity contribution in [3.63, 3.8) is 0 Å². The third kappa shape index (κ3) is 16.5. The van der Waals surface area contributed by atoms with E-state index in [0.29, 0.717) is 0 Å². The van der Waals surface area contributed by atoms with Gasteiger partial charge < -0.3 is 13.6 Å². The van der Waals surface area contributed by atoms with E-state index in [0.717, 1.165) is 77.0 Å². The van der Waals surface area contributed by atoms with Crippen LogP contribution in [-0.2, 0) is 62.3 Å². The van der Waals surface area contributed by atoms with Crippen molar-refractivity contribution in [1.82, 2.24) is 0 Å². The van der Waals surface area contributed by atoms with E-state index in [4.69, 9.17) is 0 Å². The summed E-state index contributed by atoms with van der Waals surface area (Å²) in [6, 6.07) is 57.8. The second kappa shape index (κ2) is 35.4. The molecule has 0 aromatic heterocycles. The average molecular weight is 1610 g/mol. The molecule has 0 radical (unpaired) electrons. The highest BCUT2D eigenvalue weighted by Crippen LogP contribution is 2.71. The Morgan fingerprint density at radius 3 is 0.602 bits per heavy atom. The third-order valence-electron chi connectivity index (χ3n) is 33.2. The Morgan fingerprint density at radius 1 is 0.229 bits per heavy atom. The van der Waals surface area contributed by atoms with Gasteiger partial charge in [-0.2, -0.15) is 0 Å². The quantitative estimate of drug-likeness (QED) is 0.0367. The van der Waals surface area contributed by atoms with Gasteiger partial charge in [-0.1, -0.05) is 431 Å². The summed E-state index contributed by atoms with van der Waals surface area (Å²) in [5.74, 6) is 0. The maximum atomic E-state index is 9.35. The molecule has 0 N–H and O–H groups in total. The third-order valence-corrected chi connectivity index (χ3v) is 34.4. The van der Waals surface area contributed by atoms with Crippen molar-refractivity contribution in [2.45, 2.75) is 393 Å². The van der Waals surface area contributed by atoms with Gasteiger partial charge in [0, 0.05) is 0 Å². The molecular weight excluding hydrogens is 1450 g/mol. The molecule has 9 rings (SSSR count). The SMILES string of the molecule is CCC(C)(C)C1=C(c2ccccc2C(C)(C)CC)C(c2ccccc2C(C)(C)CC)(C(C)(C)CC)C(OP(OC2C=CC(C(C)(C)CC)=C(c3ccccc3C(C)(C)CC)C2(c2ccccc2C(C)(C)CC)C(C)(C)CC)OC2C=CC(C(C)(C)CC)=C(c3ccccc3C(C)(C)CC)C2(c2ccccc2C(C)(C)CC)C(C)(C)CC)C=C1. The molecule has 0 spiro atoms. The van der Waals surface area contributed by atoms with E-state index in [1.54, 1.807) is 0 Å². The Labute approximate surface area is 725 Å². The van der Waals surface area contributed by atoms with E-state index in [1.165, 1.54) is 100 Å². The van der Waals surface area contributed by atoms with E-state index in [2.05, 4.69) is 431 Å². The van der Waals surface area contributed by atoms with E-state index >= 15 is 0 Å². The summed E-state index contributed by atoms with van der Waals surface area (Å²) in [6.45, 7) is 89.3. The predicted molar refractivity (Wildman–Crippen MR) is 518 cm³/mol. The van der Waals surface area contributed by atoms with Gasteiger partial charge in [0.25, 0.3) is 0 Å². The standard InChI is InChI=1S/C114H165O3P/c1-37-100(13,14)82-64-52-49-61-79(82)97-91(106(25,26)43-7)73-76-94(112(97,109(31,32)46-10)88-70-58-55-67-85(88)103(19,20)40-4)115-118(116-95-77-74-92(107(27,28)44-8)98(80-62-50-53-65-83(80)101(15,16)38-2)113(95,110(33,34)47-11)89-71-59-56-68-86(89)104(21,22)41-5)117-96-78-75-93(108(29,30)45-9)99(81-63-51-54-66-84(81)102(17,18)39-3)114(96,111(35,36)48-12)90-72-60-57-69-87(90)105(23,24)42-6/h49-78,94-96H,37-48H2,1-36H3. The Balaban J connectivity index is 1.63. The van der Waals surface area contributed by atoms with E-state index < -0.39 is 59.4 Å².